The van der Waals surface area contributed by atoms with Crippen molar-refractivity contribution in [3.63, 3.8) is 0 Å². The highest BCUT2D eigenvalue weighted by Crippen LogP contribution is 2.22. The van der Waals surface area contributed by atoms with Crippen molar-refractivity contribution in [2.45, 2.75) is 18.8 Å². The first-order valence-electron chi connectivity index (χ1n) is 4.01. The summed E-state index contributed by atoms with van der Waals surface area (Å²) in [7, 11) is 0. The highest BCUT2D eigenvalue weighted by atomic mass is 16.5. The van der Waals surface area contributed by atoms with E-state index in [1.165, 1.54) is 6.26 Å². The second-order valence-corrected chi connectivity index (χ2v) is 2.93. The third-order valence-corrected chi connectivity index (χ3v) is 2.05. The maximum Gasteiger partial charge on any atom is 0.235 e. The number of rotatable bonds is 1. The second-order valence-electron chi connectivity index (χ2n) is 2.93. The van der Waals surface area contributed by atoms with Gasteiger partial charge in [-0.1, -0.05) is 5.16 Å². The predicted molar refractivity (Wildman–Crippen MR) is 41.6 cm³/mol. The minimum atomic E-state index is -0.337. The maximum atomic E-state index is 11.3. The molecule has 2 amide bonds. The van der Waals surface area contributed by atoms with Gasteiger partial charge in [0.05, 0.1) is 11.6 Å². The van der Waals surface area contributed by atoms with Crippen LogP contribution in [-0.4, -0.2) is 17.0 Å². The standard InChI is InChI=1S/C8H8N2O3/c11-7-2-1-5(8(12)9-7)6-3-4-13-10-6/h3-5H,1-2H2,(H,9,11,12). The van der Waals surface area contributed by atoms with Crippen LogP contribution in [0.1, 0.15) is 24.5 Å². The molecule has 5 nitrogen and oxygen atoms in total. The Morgan fingerprint density at radius 1 is 1.54 bits per heavy atom. The molecule has 1 saturated heterocycles. The topological polar surface area (TPSA) is 72.2 Å². The molecular formula is C8H8N2O3. The fraction of sp³-hybridized carbons (Fsp3) is 0.375. The minimum Gasteiger partial charge on any atom is -0.364 e. The lowest BCUT2D eigenvalue weighted by atomic mass is 9.95. The van der Waals surface area contributed by atoms with E-state index in [0.29, 0.717) is 18.5 Å². The maximum absolute atomic E-state index is 11.3. The van der Waals surface area contributed by atoms with Crippen LogP contribution in [0.4, 0.5) is 0 Å². The minimum absolute atomic E-state index is 0.218. The van der Waals surface area contributed by atoms with Gasteiger partial charge in [0.15, 0.2) is 0 Å². The van der Waals surface area contributed by atoms with Gasteiger partial charge in [-0.2, -0.15) is 0 Å². The van der Waals surface area contributed by atoms with Crippen molar-refractivity contribution in [2.24, 2.45) is 0 Å². The van der Waals surface area contributed by atoms with Crippen LogP contribution in [0.25, 0.3) is 0 Å². The Morgan fingerprint density at radius 2 is 2.38 bits per heavy atom. The first-order chi connectivity index (χ1) is 6.27. The highest BCUT2D eigenvalue weighted by molar-refractivity contribution is 6.00. The van der Waals surface area contributed by atoms with Gasteiger partial charge in [0, 0.05) is 12.5 Å². The molecule has 0 aliphatic carbocycles. The van der Waals surface area contributed by atoms with Crippen LogP contribution in [0, 0.1) is 0 Å². The molecule has 13 heavy (non-hydrogen) atoms. The average Bonchev–Trinajstić information content (AvgIpc) is 2.56. The Bertz CT molecular complexity index is 331. The normalized spacial score (nSPS) is 22.9. The zero-order chi connectivity index (χ0) is 9.26. The molecular weight excluding hydrogens is 172 g/mol. The zero-order valence-corrected chi connectivity index (χ0v) is 6.82. The molecule has 1 N–H and O–H groups in total. The predicted octanol–water partition coefficient (Wildman–Crippen LogP) is 0.195. The van der Waals surface area contributed by atoms with Crippen LogP contribution in [0.3, 0.4) is 0 Å². The number of aromatic nitrogens is 1. The van der Waals surface area contributed by atoms with Crippen molar-refractivity contribution in [1.82, 2.24) is 10.5 Å². The lowest BCUT2D eigenvalue weighted by molar-refractivity contribution is -0.134. The van der Waals surface area contributed by atoms with Crippen molar-refractivity contribution in [3.8, 4) is 0 Å². The largest absolute Gasteiger partial charge is 0.364 e. The number of hydrogen-bond acceptors (Lipinski definition) is 4. The van der Waals surface area contributed by atoms with E-state index in [1.807, 2.05) is 0 Å². The van der Waals surface area contributed by atoms with Gasteiger partial charge >= 0.3 is 0 Å². The SMILES string of the molecule is O=C1CCC(c2ccon2)C(=O)N1. The fourth-order valence-corrected chi connectivity index (χ4v) is 1.38. The molecule has 1 aromatic heterocycles. The molecule has 1 fully saturated rings. The summed E-state index contributed by atoms with van der Waals surface area (Å²) in [5.74, 6) is -0.841. The third kappa shape index (κ3) is 1.44. The molecule has 0 spiro atoms. The lowest BCUT2D eigenvalue weighted by Gasteiger charge is -2.17. The molecule has 1 aliphatic rings. The Hall–Kier alpha value is -1.65. The van der Waals surface area contributed by atoms with E-state index in [-0.39, 0.29) is 17.7 Å². The Morgan fingerprint density at radius 3 is 3.00 bits per heavy atom. The van der Waals surface area contributed by atoms with Gasteiger partial charge in [-0.25, -0.2) is 0 Å². The van der Waals surface area contributed by atoms with Crippen LogP contribution in [0.5, 0.6) is 0 Å². The molecule has 0 radical (unpaired) electrons. The van der Waals surface area contributed by atoms with Gasteiger partial charge in [0.25, 0.3) is 0 Å². The zero-order valence-electron chi connectivity index (χ0n) is 6.82. The number of piperidine rings is 1. The molecule has 1 aliphatic heterocycles. The molecule has 1 aromatic rings. The van der Waals surface area contributed by atoms with Crippen LogP contribution in [0.2, 0.25) is 0 Å². The third-order valence-electron chi connectivity index (χ3n) is 2.05. The van der Waals surface area contributed by atoms with E-state index >= 15 is 0 Å². The van der Waals surface area contributed by atoms with Gasteiger partial charge in [-0.3, -0.25) is 14.9 Å². The lowest BCUT2D eigenvalue weighted by Crippen LogP contribution is -2.39. The van der Waals surface area contributed by atoms with E-state index < -0.39 is 0 Å². The summed E-state index contributed by atoms with van der Waals surface area (Å²) in [5, 5.41) is 5.93. The smallest absolute Gasteiger partial charge is 0.235 e. The number of carbonyl (C=O) groups excluding carboxylic acids is 2. The van der Waals surface area contributed by atoms with Crippen molar-refractivity contribution in [3.05, 3.63) is 18.0 Å². The molecule has 0 aromatic carbocycles. The number of imide groups is 1. The number of nitrogens with zero attached hydrogens (tertiary/aromatic N) is 1. The summed E-state index contributed by atoms with van der Waals surface area (Å²) in [6.07, 6.45) is 2.29. The summed E-state index contributed by atoms with van der Waals surface area (Å²) in [5.41, 5.74) is 0.588. The number of amides is 2. The quantitative estimate of drug-likeness (QED) is 0.626. The van der Waals surface area contributed by atoms with Gasteiger partial charge in [-0.05, 0) is 6.42 Å². The molecule has 68 valence electrons. The van der Waals surface area contributed by atoms with E-state index in [0.717, 1.165) is 0 Å². The van der Waals surface area contributed by atoms with E-state index in [9.17, 15) is 9.59 Å². The van der Waals surface area contributed by atoms with Gasteiger partial charge < -0.3 is 4.52 Å². The molecule has 0 bridgehead atoms. The average molecular weight is 180 g/mol. The number of hydrogen-bond donors (Lipinski definition) is 1. The van der Waals surface area contributed by atoms with Gasteiger partial charge in [0.1, 0.15) is 6.26 Å². The van der Waals surface area contributed by atoms with Crippen molar-refractivity contribution < 1.29 is 14.1 Å². The van der Waals surface area contributed by atoms with E-state index in [4.69, 9.17) is 0 Å². The molecule has 1 unspecified atom stereocenters. The summed E-state index contributed by atoms with van der Waals surface area (Å²) < 4.78 is 4.63. The monoisotopic (exact) mass is 180 g/mol. The van der Waals surface area contributed by atoms with Crippen molar-refractivity contribution >= 4 is 11.8 Å². The Kier molecular flexibility index (Phi) is 1.84. The summed E-state index contributed by atoms with van der Waals surface area (Å²) in [6.45, 7) is 0. The Labute approximate surface area is 74.1 Å². The molecule has 2 rings (SSSR count). The summed E-state index contributed by atoms with van der Waals surface area (Å²) >= 11 is 0. The molecule has 2 heterocycles. The van der Waals surface area contributed by atoms with Crippen molar-refractivity contribution in [1.29, 1.82) is 0 Å². The molecule has 0 saturated carbocycles. The van der Waals surface area contributed by atoms with Gasteiger partial charge in [0.2, 0.25) is 11.8 Å². The van der Waals surface area contributed by atoms with Crippen LogP contribution in [-0.2, 0) is 9.59 Å². The van der Waals surface area contributed by atoms with E-state index in [1.54, 1.807) is 6.07 Å². The fourth-order valence-electron chi connectivity index (χ4n) is 1.38. The molecule has 1 atom stereocenters. The molecule has 5 heteroatoms. The summed E-state index contributed by atoms with van der Waals surface area (Å²) in [4.78, 5) is 22.1. The Balaban J connectivity index is 2.17. The van der Waals surface area contributed by atoms with Crippen LogP contribution in [0.15, 0.2) is 16.9 Å². The van der Waals surface area contributed by atoms with E-state index in [2.05, 4.69) is 15.0 Å². The first-order valence-corrected chi connectivity index (χ1v) is 4.01. The summed E-state index contributed by atoms with van der Waals surface area (Å²) in [6, 6.07) is 1.64. The van der Waals surface area contributed by atoms with Gasteiger partial charge in [-0.15, -0.1) is 0 Å². The van der Waals surface area contributed by atoms with Crippen molar-refractivity contribution in [2.75, 3.05) is 0 Å². The highest BCUT2D eigenvalue weighted by Gasteiger charge is 2.29. The second kappa shape index (κ2) is 3.01. The number of carbonyl (C=O) groups is 2. The van der Waals surface area contributed by atoms with Crippen LogP contribution < -0.4 is 5.32 Å². The number of nitrogens with one attached hydrogen (secondary N) is 1. The first kappa shape index (κ1) is 7.97. The van der Waals surface area contributed by atoms with Crippen LogP contribution >= 0.6 is 0 Å².